The van der Waals surface area contributed by atoms with Gasteiger partial charge in [-0.05, 0) is 38.8 Å². The Hall–Kier alpha value is -2.46. The molecule has 1 fully saturated rings. The van der Waals surface area contributed by atoms with E-state index in [2.05, 4.69) is 5.16 Å². The van der Waals surface area contributed by atoms with Crippen LogP contribution in [0.3, 0.4) is 0 Å². The van der Waals surface area contributed by atoms with E-state index in [9.17, 15) is 18.5 Å². The van der Waals surface area contributed by atoms with Gasteiger partial charge >= 0.3 is 5.69 Å². The van der Waals surface area contributed by atoms with Crippen LogP contribution in [-0.2, 0) is 16.6 Å². The van der Waals surface area contributed by atoms with Gasteiger partial charge < -0.3 is 9.26 Å². The van der Waals surface area contributed by atoms with Gasteiger partial charge in [0.2, 0.25) is 10.0 Å². The topological polar surface area (TPSA) is 116 Å². The number of benzene rings is 1. The molecule has 10 heteroatoms. The molecular weight excluding hydrogens is 362 g/mol. The van der Waals surface area contributed by atoms with Gasteiger partial charge in [-0.1, -0.05) is 5.16 Å². The van der Waals surface area contributed by atoms with Crippen molar-refractivity contribution in [2.24, 2.45) is 0 Å². The normalized spacial score (nSPS) is 15.3. The van der Waals surface area contributed by atoms with Gasteiger partial charge in [-0.2, -0.15) is 4.31 Å². The lowest BCUT2D eigenvalue weighted by Crippen LogP contribution is -2.27. The highest BCUT2D eigenvalue weighted by Gasteiger charge is 2.30. The summed E-state index contributed by atoms with van der Waals surface area (Å²) >= 11 is 0. The molecule has 0 atom stereocenters. The molecule has 0 unspecified atom stereocenters. The number of nitrogens with zero attached hydrogens (tertiary/aromatic N) is 3. The Kier molecular flexibility index (Phi) is 4.97. The van der Waals surface area contributed by atoms with E-state index < -0.39 is 20.6 Å². The Balaban J connectivity index is 1.89. The van der Waals surface area contributed by atoms with Gasteiger partial charge in [-0.3, -0.25) is 10.1 Å². The van der Waals surface area contributed by atoms with Gasteiger partial charge in [-0.15, -0.1) is 0 Å². The van der Waals surface area contributed by atoms with E-state index in [1.54, 1.807) is 13.8 Å². The minimum Gasteiger partial charge on any atom is -0.482 e. The summed E-state index contributed by atoms with van der Waals surface area (Å²) in [5.74, 6) is 0.564. The SMILES string of the molecule is Cc1noc(C)c1COc1ccc(S(=O)(=O)N2CCCC2)cc1[N+](=O)[O-]. The molecule has 3 rings (SSSR count). The van der Waals surface area contributed by atoms with E-state index >= 15 is 0 Å². The first-order chi connectivity index (χ1) is 12.3. The maximum atomic E-state index is 12.6. The number of rotatable bonds is 6. The standard InChI is InChI=1S/C16H19N3O6S/c1-11-14(12(2)25-17-11)10-24-16-6-5-13(9-15(16)19(20)21)26(22,23)18-7-3-4-8-18/h5-6,9H,3-4,7-8,10H2,1-2H3. The lowest BCUT2D eigenvalue weighted by atomic mass is 10.2. The number of sulfonamides is 1. The second-order valence-corrected chi connectivity index (χ2v) is 8.03. The van der Waals surface area contributed by atoms with Gasteiger partial charge in [0.1, 0.15) is 12.4 Å². The van der Waals surface area contributed by atoms with Crippen molar-refractivity contribution in [3.8, 4) is 5.75 Å². The highest BCUT2D eigenvalue weighted by molar-refractivity contribution is 7.89. The van der Waals surface area contributed by atoms with Crippen molar-refractivity contribution in [2.75, 3.05) is 13.1 Å². The van der Waals surface area contributed by atoms with E-state index in [-0.39, 0.29) is 17.3 Å². The minimum absolute atomic E-state index is 0.00429. The number of nitro benzene ring substituents is 1. The summed E-state index contributed by atoms with van der Waals surface area (Å²) in [5, 5.41) is 15.2. The molecule has 1 aliphatic heterocycles. The Morgan fingerprint density at radius 1 is 1.31 bits per heavy atom. The molecule has 0 aliphatic carbocycles. The first kappa shape index (κ1) is 18.3. The van der Waals surface area contributed by atoms with Crippen LogP contribution in [-0.4, -0.2) is 35.9 Å². The molecule has 140 valence electrons. The average Bonchev–Trinajstić information content (AvgIpc) is 3.24. The summed E-state index contributed by atoms with van der Waals surface area (Å²) in [6.45, 7) is 4.37. The Morgan fingerprint density at radius 2 is 2.00 bits per heavy atom. The lowest BCUT2D eigenvalue weighted by molar-refractivity contribution is -0.386. The molecule has 2 heterocycles. The van der Waals surface area contributed by atoms with Gasteiger partial charge in [0.05, 0.1) is 21.1 Å². The maximum absolute atomic E-state index is 12.6. The maximum Gasteiger partial charge on any atom is 0.312 e. The lowest BCUT2D eigenvalue weighted by Gasteiger charge is -2.16. The van der Waals surface area contributed by atoms with Gasteiger partial charge in [0.25, 0.3) is 0 Å². The van der Waals surface area contributed by atoms with E-state index in [1.165, 1.54) is 16.4 Å². The number of nitro groups is 1. The first-order valence-electron chi connectivity index (χ1n) is 8.14. The number of aromatic nitrogens is 1. The summed E-state index contributed by atoms with van der Waals surface area (Å²) < 4.78 is 37.1. The molecular formula is C16H19N3O6S. The molecule has 1 aromatic heterocycles. The number of hydrogen-bond acceptors (Lipinski definition) is 7. The molecule has 0 saturated carbocycles. The van der Waals surface area contributed by atoms with Crippen LogP contribution in [0.4, 0.5) is 5.69 Å². The fourth-order valence-corrected chi connectivity index (χ4v) is 4.40. The predicted molar refractivity (Wildman–Crippen MR) is 91.4 cm³/mol. The van der Waals surface area contributed by atoms with Crippen molar-refractivity contribution in [1.29, 1.82) is 0 Å². The van der Waals surface area contributed by atoms with Crippen LogP contribution < -0.4 is 4.74 Å². The third-order valence-corrected chi connectivity index (χ3v) is 6.28. The molecule has 1 aromatic carbocycles. The number of ether oxygens (including phenoxy) is 1. The minimum atomic E-state index is -3.73. The molecule has 0 spiro atoms. The summed E-state index contributed by atoms with van der Waals surface area (Å²) in [5.41, 5.74) is 0.948. The zero-order chi connectivity index (χ0) is 18.9. The summed E-state index contributed by atoms with van der Waals surface area (Å²) in [6.07, 6.45) is 1.58. The Bertz CT molecular complexity index is 912. The zero-order valence-electron chi connectivity index (χ0n) is 14.5. The van der Waals surface area contributed by atoms with Crippen LogP contribution >= 0.6 is 0 Å². The van der Waals surface area contributed by atoms with E-state index in [0.29, 0.717) is 30.1 Å². The Labute approximate surface area is 150 Å². The second-order valence-electron chi connectivity index (χ2n) is 6.09. The van der Waals surface area contributed by atoms with Crippen LogP contribution in [0.2, 0.25) is 0 Å². The third kappa shape index (κ3) is 3.42. The van der Waals surface area contributed by atoms with Crippen molar-refractivity contribution >= 4 is 15.7 Å². The average molecular weight is 381 g/mol. The largest absolute Gasteiger partial charge is 0.482 e. The first-order valence-corrected chi connectivity index (χ1v) is 9.58. The Morgan fingerprint density at radius 3 is 2.58 bits per heavy atom. The van der Waals surface area contributed by atoms with Crippen molar-refractivity contribution < 1.29 is 22.6 Å². The fraction of sp³-hybridized carbons (Fsp3) is 0.438. The smallest absolute Gasteiger partial charge is 0.312 e. The van der Waals surface area contributed by atoms with Crippen molar-refractivity contribution in [1.82, 2.24) is 9.46 Å². The van der Waals surface area contributed by atoms with Crippen molar-refractivity contribution in [2.45, 2.75) is 38.2 Å². The van der Waals surface area contributed by atoms with E-state index in [1.807, 2.05) is 0 Å². The molecule has 26 heavy (non-hydrogen) atoms. The molecule has 2 aromatic rings. The number of aryl methyl sites for hydroxylation is 2. The van der Waals surface area contributed by atoms with E-state index in [4.69, 9.17) is 9.26 Å². The van der Waals surface area contributed by atoms with Gasteiger partial charge in [-0.25, -0.2) is 8.42 Å². The van der Waals surface area contributed by atoms with Crippen molar-refractivity contribution in [3.05, 3.63) is 45.3 Å². The summed E-state index contributed by atoms with van der Waals surface area (Å²) in [4.78, 5) is 10.7. The van der Waals surface area contributed by atoms with Crippen LogP contribution in [0.5, 0.6) is 5.75 Å². The van der Waals surface area contributed by atoms with Gasteiger partial charge in [0, 0.05) is 19.2 Å². The van der Waals surface area contributed by atoms with Crippen LogP contribution in [0.1, 0.15) is 29.9 Å². The quantitative estimate of drug-likeness (QED) is 0.557. The van der Waals surface area contributed by atoms with Crippen molar-refractivity contribution in [3.63, 3.8) is 0 Å². The highest BCUT2D eigenvalue weighted by Crippen LogP contribution is 2.32. The van der Waals surface area contributed by atoms with Crippen LogP contribution in [0.15, 0.2) is 27.6 Å². The molecule has 1 aliphatic rings. The second kappa shape index (κ2) is 7.04. The molecule has 0 N–H and O–H groups in total. The van der Waals surface area contributed by atoms with Gasteiger partial charge in [0.15, 0.2) is 5.75 Å². The molecule has 1 saturated heterocycles. The number of hydrogen-bond donors (Lipinski definition) is 0. The molecule has 9 nitrogen and oxygen atoms in total. The fourth-order valence-electron chi connectivity index (χ4n) is 2.86. The third-order valence-electron chi connectivity index (χ3n) is 4.38. The molecule has 0 bridgehead atoms. The van der Waals surface area contributed by atoms with E-state index in [0.717, 1.165) is 18.9 Å². The predicted octanol–water partition coefficient (Wildman–Crippen LogP) is 2.56. The summed E-state index contributed by atoms with van der Waals surface area (Å²) in [6, 6.07) is 3.71. The zero-order valence-corrected chi connectivity index (χ0v) is 15.3. The van der Waals surface area contributed by atoms with Crippen LogP contribution in [0, 0.1) is 24.0 Å². The monoisotopic (exact) mass is 381 g/mol. The molecule has 0 radical (unpaired) electrons. The summed E-state index contributed by atoms with van der Waals surface area (Å²) in [7, 11) is -3.73. The highest BCUT2D eigenvalue weighted by atomic mass is 32.2. The van der Waals surface area contributed by atoms with Crippen LogP contribution in [0.25, 0.3) is 0 Å². The molecule has 0 amide bonds.